The van der Waals surface area contributed by atoms with E-state index in [0.29, 0.717) is 18.2 Å². The van der Waals surface area contributed by atoms with E-state index in [1.54, 1.807) is 12.1 Å². The minimum atomic E-state index is -3.94. The van der Waals surface area contributed by atoms with E-state index in [2.05, 4.69) is 0 Å². The highest BCUT2D eigenvalue weighted by Gasteiger charge is 2.31. The van der Waals surface area contributed by atoms with Crippen LogP contribution in [0.1, 0.15) is 5.56 Å². The van der Waals surface area contributed by atoms with Crippen molar-refractivity contribution in [1.82, 2.24) is 0 Å². The molecule has 20 heavy (non-hydrogen) atoms. The number of fused-ring (bicyclic) bond motifs is 1. The molecule has 0 saturated heterocycles. The third kappa shape index (κ3) is 2.06. The van der Waals surface area contributed by atoms with Crippen LogP contribution in [0.2, 0.25) is 0 Å². The SMILES string of the molecule is O=S(=O)(c1cc(F)cc(F)c1)N1CCc2ccccc21. The van der Waals surface area contributed by atoms with E-state index in [9.17, 15) is 17.2 Å². The van der Waals surface area contributed by atoms with E-state index in [4.69, 9.17) is 0 Å². The Bertz CT molecular complexity index is 754. The number of anilines is 1. The van der Waals surface area contributed by atoms with Crippen LogP contribution in [0.25, 0.3) is 0 Å². The van der Waals surface area contributed by atoms with E-state index in [1.165, 1.54) is 4.31 Å². The van der Waals surface area contributed by atoms with Gasteiger partial charge in [0, 0.05) is 12.6 Å². The lowest BCUT2D eigenvalue weighted by Crippen LogP contribution is -2.29. The zero-order chi connectivity index (χ0) is 14.3. The van der Waals surface area contributed by atoms with Crippen LogP contribution in [-0.4, -0.2) is 15.0 Å². The molecule has 0 spiro atoms. The second-order valence-corrected chi connectivity index (χ2v) is 6.42. The van der Waals surface area contributed by atoms with E-state index in [0.717, 1.165) is 17.7 Å². The number of hydrogen-bond donors (Lipinski definition) is 0. The van der Waals surface area contributed by atoms with Gasteiger partial charge in [-0.2, -0.15) is 0 Å². The van der Waals surface area contributed by atoms with Gasteiger partial charge < -0.3 is 0 Å². The zero-order valence-corrected chi connectivity index (χ0v) is 11.2. The predicted octanol–water partition coefficient (Wildman–Crippen LogP) is 2.72. The van der Waals surface area contributed by atoms with Gasteiger partial charge in [0.05, 0.1) is 10.6 Å². The first kappa shape index (κ1) is 13.1. The highest BCUT2D eigenvalue weighted by atomic mass is 32.2. The maximum atomic E-state index is 13.2. The van der Waals surface area contributed by atoms with Gasteiger partial charge in [0.15, 0.2) is 0 Å². The summed E-state index contributed by atoms with van der Waals surface area (Å²) in [6.07, 6.45) is 0.590. The van der Waals surface area contributed by atoms with Crippen LogP contribution in [0.3, 0.4) is 0 Å². The van der Waals surface area contributed by atoms with Gasteiger partial charge >= 0.3 is 0 Å². The van der Waals surface area contributed by atoms with Gasteiger partial charge in [-0.05, 0) is 30.2 Å². The lowest BCUT2D eigenvalue weighted by atomic mass is 10.2. The molecule has 0 fully saturated rings. The van der Waals surface area contributed by atoms with Gasteiger partial charge in [-0.15, -0.1) is 0 Å². The molecule has 0 amide bonds. The average Bonchev–Trinajstić information content (AvgIpc) is 2.82. The summed E-state index contributed by atoms with van der Waals surface area (Å²) in [5.41, 5.74) is 1.48. The third-order valence-corrected chi connectivity index (χ3v) is 5.06. The first-order valence-electron chi connectivity index (χ1n) is 6.05. The number of halogens is 2. The second kappa shape index (κ2) is 4.56. The van der Waals surface area contributed by atoms with E-state index < -0.39 is 21.7 Å². The second-order valence-electron chi connectivity index (χ2n) is 4.56. The van der Waals surface area contributed by atoms with E-state index in [1.807, 2.05) is 12.1 Å². The minimum Gasteiger partial charge on any atom is -0.266 e. The Morgan fingerprint density at radius 3 is 2.35 bits per heavy atom. The van der Waals surface area contributed by atoms with E-state index >= 15 is 0 Å². The molecule has 0 bridgehead atoms. The smallest absolute Gasteiger partial charge is 0.264 e. The molecule has 0 atom stereocenters. The lowest BCUT2D eigenvalue weighted by molar-refractivity contribution is 0.566. The topological polar surface area (TPSA) is 37.4 Å². The van der Waals surface area contributed by atoms with Crippen LogP contribution in [0.5, 0.6) is 0 Å². The molecule has 3 rings (SSSR count). The monoisotopic (exact) mass is 295 g/mol. The van der Waals surface area contributed by atoms with Crippen molar-refractivity contribution in [3.05, 3.63) is 59.7 Å². The van der Waals surface area contributed by atoms with Crippen LogP contribution in [0, 0.1) is 11.6 Å². The predicted molar refractivity (Wildman–Crippen MR) is 71.0 cm³/mol. The average molecular weight is 295 g/mol. The van der Waals surface area contributed by atoms with Crippen LogP contribution < -0.4 is 4.31 Å². The number of para-hydroxylation sites is 1. The Labute approximate surface area is 115 Å². The van der Waals surface area contributed by atoms with Gasteiger partial charge in [-0.1, -0.05) is 18.2 Å². The molecule has 0 aliphatic carbocycles. The normalized spacial score (nSPS) is 14.4. The van der Waals surface area contributed by atoms with Gasteiger partial charge in [0.25, 0.3) is 10.0 Å². The third-order valence-electron chi connectivity index (χ3n) is 3.27. The Balaban J connectivity index is 2.10. The quantitative estimate of drug-likeness (QED) is 0.854. The maximum absolute atomic E-state index is 13.2. The molecule has 2 aromatic rings. The molecular formula is C14H11F2NO2S. The molecule has 2 aromatic carbocycles. The molecule has 0 saturated carbocycles. The molecule has 3 nitrogen and oxygen atoms in total. The highest BCUT2D eigenvalue weighted by Crippen LogP contribution is 2.32. The summed E-state index contributed by atoms with van der Waals surface area (Å²) in [6.45, 7) is 0.278. The Morgan fingerprint density at radius 1 is 1.00 bits per heavy atom. The summed E-state index contributed by atoms with van der Waals surface area (Å²) >= 11 is 0. The summed E-state index contributed by atoms with van der Waals surface area (Å²) in [7, 11) is -3.94. The van der Waals surface area contributed by atoms with Gasteiger partial charge in [0.2, 0.25) is 0 Å². The van der Waals surface area contributed by atoms with Crippen LogP contribution in [0.4, 0.5) is 14.5 Å². The Hall–Kier alpha value is -1.95. The highest BCUT2D eigenvalue weighted by molar-refractivity contribution is 7.92. The minimum absolute atomic E-state index is 0.278. The van der Waals surface area contributed by atoms with Crippen molar-refractivity contribution in [2.24, 2.45) is 0 Å². The Morgan fingerprint density at radius 2 is 1.65 bits per heavy atom. The standard InChI is InChI=1S/C14H11F2NO2S/c15-11-7-12(16)9-13(8-11)20(18,19)17-6-5-10-3-1-2-4-14(10)17/h1-4,7-9H,5-6H2. The fraction of sp³-hybridized carbons (Fsp3) is 0.143. The molecular weight excluding hydrogens is 284 g/mol. The van der Waals surface area contributed by atoms with Crippen molar-refractivity contribution in [2.75, 3.05) is 10.8 Å². The van der Waals surface area contributed by atoms with Crippen LogP contribution >= 0.6 is 0 Å². The molecule has 1 heterocycles. The van der Waals surface area contributed by atoms with E-state index in [-0.39, 0.29) is 11.4 Å². The van der Waals surface area contributed by atoms with Crippen molar-refractivity contribution in [3.8, 4) is 0 Å². The Kier molecular flexibility index (Phi) is 2.97. The molecule has 0 aromatic heterocycles. The largest absolute Gasteiger partial charge is 0.266 e. The summed E-state index contributed by atoms with van der Waals surface area (Å²) in [5.74, 6) is -1.81. The van der Waals surface area contributed by atoms with Crippen molar-refractivity contribution in [2.45, 2.75) is 11.3 Å². The number of nitrogens with zero attached hydrogens (tertiary/aromatic N) is 1. The molecule has 0 N–H and O–H groups in total. The number of sulfonamides is 1. The molecule has 0 unspecified atom stereocenters. The molecule has 1 aliphatic rings. The molecule has 104 valence electrons. The lowest BCUT2D eigenvalue weighted by Gasteiger charge is -2.19. The summed E-state index contributed by atoms with van der Waals surface area (Å²) < 4.78 is 52.6. The van der Waals surface area contributed by atoms with Crippen molar-refractivity contribution < 1.29 is 17.2 Å². The van der Waals surface area contributed by atoms with Gasteiger partial charge in [0.1, 0.15) is 11.6 Å². The first-order chi connectivity index (χ1) is 9.48. The van der Waals surface area contributed by atoms with Crippen LogP contribution in [0.15, 0.2) is 47.4 Å². The fourth-order valence-electron chi connectivity index (χ4n) is 2.36. The van der Waals surface area contributed by atoms with Gasteiger partial charge in [-0.25, -0.2) is 17.2 Å². The summed E-state index contributed by atoms with van der Waals surface area (Å²) in [4.78, 5) is -0.369. The molecule has 6 heteroatoms. The zero-order valence-electron chi connectivity index (χ0n) is 10.4. The van der Waals surface area contributed by atoms with Crippen molar-refractivity contribution >= 4 is 15.7 Å². The number of hydrogen-bond acceptors (Lipinski definition) is 2. The fourth-order valence-corrected chi connectivity index (χ4v) is 3.91. The molecule has 1 aliphatic heterocycles. The number of rotatable bonds is 2. The van der Waals surface area contributed by atoms with Crippen molar-refractivity contribution in [1.29, 1.82) is 0 Å². The summed E-state index contributed by atoms with van der Waals surface area (Å²) in [6, 6.07) is 9.41. The number of benzene rings is 2. The van der Waals surface area contributed by atoms with Crippen molar-refractivity contribution in [3.63, 3.8) is 0 Å². The first-order valence-corrected chi connectivity index (χ1v) is 7.49. The molecule has 0 radical (unpaired) electrons. The summed E-state index contributed by atoms with van der Waals surface area (Å²) in [5, 5.41) is 0. The maximum Gasteiger partial charge on any atom is 0.264 e. The van der Waals surface area contributed by atoms with Crippen LogP contribution in [-0.2, 0) is 16.4 Å². The van der Waals surface area contributed by atoms with Gasteiger partial charge in [-0.3, -0.25) is 4.31 Å².